The van der Waals surface area contributed by atoms with Crippen molar-refractivity contribution >= 4 is 22.7 Å². The summed E-state index contributed by atoms with van der Waals surface area (Å²) < 4.78 is 12.6. The molecule has 3 rings (SSSR count). The molecule has 0 bridgehead atoms. The number of hydrogen-bond donors (Lipinski definition) is 0. The molecule has 0 aliphatic rings. The number of furan rings is 1. The van der Waals surface area contributed by atoms with Gasteiger partial charge in [-0.1, -0.05) is 13.0 Å². The van der Waals surface area contributed by atoms with E-state index in [0.29, 0.717) is 0 Å². The average molecular weight is 341 g/mol. The highest BCUT2D eigenvalue weighted by molar-refractivity contribution is 7.07. The van der Waals surface area contributed by atoms with Crippen molar-refractivity contribution in [2.45, 2.75) is 20.3 Å². The number of rotatable bonds is 5. The lowest BCUT2D eigenvalue weighted by atomic mass is 10.3. The second-order valence-electron chi connectivity index (χ2n) is 5.19. The minimum atomic E-state index is 0.769. The highest BCUT2D eigenvalue weighted by Crippen LogP contribution is 2.22. The number of thiazole rings is 1. The monoisotopic (exact) mass is 341 g/mol. The molecule has 0 spiro atoms. The van der Waals surface area contributed by atoms with Gasteiger partial charge in [-0.15, -0.1) is 11.3 Å². The Morgan fingerprint density at radius 3 is 2.88 bits per heavy atom. The molecule has 24 heavy (non-hydrogen) atoms. The minimum absolute atomic E-state index is 0.769. The van der Waals surface area contributed by atoms with Gasteiger partial charge in [-0.3, -0.25) is 0 Å². The largest absolute Gasteiger partial charge is 0.497 e. The van der Waals surface area contributed by atoms with Crippen LogP contribution in [0.4, 0.5) is 5.69 Å². The summed E-state index contributed by atoms with van der Waals surface area (Å²) in [7, 11) is 1.65. The van der Waals surface area contributed by atoms with Crippen LogP contribution in [0.5, 0.6) is 5.75 Å². The summed E-state index contributed by atoms with van der Waals surface area (Å²) in [6, 6.07) is 11.4. The van der Waals surface area contributed by atoms with E-state index in [1.54, 1.807) is 13.4 Å². The van der Waals surface area contributed by atoms with Crippen LogP contribution >= 0.6 is 11.3 Å². The van der Waals surface area contributed by atoms with Crippen LogP contribution in [-0.4, -0.2) is 17.5 Å². The lowest BCUT2D eigenvalue weighted by Crippen LogP contribution is -2.13. The Morgan fingerprint density at radius 1 is 1.29 bits per heavy atom. The molecule has 0 radical (unpaired) electrons. The summed E-state index contributed by atoms with van der Waals surface area (Å²) in [5.41, 5.74) is 2.73. The molecule has 0 atom stereocenters. The van der Waals surface area contributed by atoms with Crippen LogP contribution in [0.3, 0.4) is 0 Å². The highest BCUT2D eigenvalue weighted by atomic mass is 32.1. The van der Waals surface area contributed by atoms with E-state index in [2.05, 4.69) is 6.92 Å². The van der Waals surface area contributed by atoms with Crippen LogP contribution < -0.4 is 9.54 Å². The molecule has 0 aliphatic carbocycles. The first-order valence-corrected chi connectivity index (χ1v) is 8.57. The van der Waals surface area contributed by atoms with Crippen molar-refractivity contribution in [3.8, 4) is 17.2 Å². The number of methoxy groups -OCH3 is 1. The van der Waals surface area contributed by atoms with E-state index in [4.69, 9.17) is 19.2 Å². The zero-order valence-electron chi connectivity index (χ0n) is 13.9. The van der Waals surface area contributed by atoms with E-state index in [9.17, 15) is 0 Å². The maximum Gasteiger partial charge on any atom is 0.211 e. The Hall–Kier alpha value is -2.60. The second kappa shape index (κ2) is 7.31. The average Bonchev–Trinajstić information content (AvgIpc) is 3.25. The van der Waals surface area contributed by atoms with Crippen molar-refractivity contribution in [2.24, 2.45) is 10.1 Å². The van der Waals surface area contributed by atoms with Crippen LogP contribution in [0.15, 0.2) is 62.6 Å². The maximum absolute atomic E-state index is 5.53. The standard InChI is InChI=1S/C18H19N3O2S/c1-4-13(2)20-21-16(17-9-6-10-23-17)12-24-18(21)19-14-7-5-8-15(11-14)22-3/h5-12H,4H2,1-3H3. The first kappa shape index (κ1) is 16.3. The molecule has 0 aliphatic heterocycles. The molecule has 0 N–H and O–H groups in total. The summed E-state index contributed by atoms with van der Waals surface area (Å²) in [6.45, 7) is 4.09. The quantitative estimate of drug-likeness (QED) is 0.632. The Kier molecular flexibility index (Phi) is 4.96. The van der Waals surface area contributed by atoms with Gasteiger partial charge in [0.1, 0.15) is 11.4 Å². The fraction of sp³-hybridized carbons (Fsp3) is 0.222. The highest BCUT2D eigenvalue weighted by Gasteiger charge is 2.10. The molecule has 6 heteroatoms. The minimum Gasteiger partial charge on any atom is -0.497 e. The van der Waals surface area contributed by atoms with Gasteiger partial charge in [-0.05, 0) is 37.6 Å². The van der Waals surface area contributed by atoms with Gasteiger partial charge >= 0.3 is 0 Å². The van der Waals surface area contributed by atoms with Gasteiger partial charge in [0.25, 0.3) is 0 Å². The lowest BCUT2D eigenvalue weighted by Gasteiger charge is -2.03. The summed E-state index contributed by atoms with van der Waals surface area (Å²) in [5, 5.41) is 6.70. The Morgan fingerprint density at radius 2 is 2.17 bits per heavy atom. The smallest absolute Gasteiger partial charge is 0.211 e. The van der Waals surface area contributed by atoms with Crippen molar-refractivity contribution in [3.63, 3.8) is 0 Å². The van der Waals surface area contributed by atoms with Crippen molar-refractivity contribution in [1.29, 1.82) is 0 Å². The van der Waals surface area contributed by atoms with Gasteiger partial charge in [-0.2, -0.15) is 5.10 Å². The Labute approximate surface area is 144 Å². The van der Waals surface area contributed by atoms with Crippen LogP contribution in [0.25, 0.3) is 11.5 Å². The molecule has 0 fully saturated rings. The Bertz CT molecular complexity index is 904. The van der Waals surface area contributed by atoms with Gasteiger partial charge < -0.3 is 9.15 Å². The summed E-state index contributed by atoms with van der Waals surface area (Å²) in [6.07, 6.45) is 2.53. The molecule has 0 amide bonds. The van der Waals surface area contributed by atoms with E-state index in [1.165, 1.54) is 11.3 Å². The second-order valence-corrected chi connectivity index (χ2v) is 6.03. The van der Waals surface area contributed by atoms with E-state index in [1.807, 2.05) is 53.4 Å². The molecule has 2 aromatic heterocycles. The number of ether oxygens (including phenoxy) is 1. The molecule has 124 valence electrons. The zero-order chi connectivity index (χ0) is 16.9. The van der Waals surface area contributed by atoms with Gasteiger partial charge in [0.2, 0.25) is 4.80 Å². The Balaban J connectivity index is 2.15. The third-order valence-corrected chi connectivity index (χ3v) is 4.34. The third kappa shape index (κ3) is 3.49. The third-order valence-electron chi connectivity index (χ3n) is 3.52. The summed E-state index contributed by atoms with van der Waals surface area (Å²) in [5.74, 6) is 1.55. The fourth-order valence-electron chi connectivity index (χ4n) is 2.10. The van der Waals surface area contributed by atoms with Gasteiger partial charge in [0.05, 0.1) is 19.1 Å². The topological polar surface area (TPSA) is 52.0 Å². The predicted octanol–water partition coefficient (Wildman–Crippen LogP) is 4.68. The van der Waals surface area contributed by atoms with E-state index >= 15 is 0 Å². The van der Waals surface area contributed by atoms with Gasteiger partial charge in [0.15, 0.2) is 5.76 Å². The number of aromatic nitrogens is 1. The van der Waals surface area contributed by atoms with Crippen LogP contribution in [0.1, 0.15) is 20.3 Å². The normalized spacial score (nSPS) is 12.6. The van der Waals surface area contributed by atoms with Crippen molar-refractivity contribution in [2.75, 3.05) is 7.11 Å². The zero-order valence-corrected chi connectivity index (χ0v) is 14.7. The van der Waals surface area contributed by atoms with Gasteiger partial charge in [0, 0.05) is 17.2 Å². The molecule has 5 nitrogen and oxygen atoms in total. The SMILES string of the molecule is CCC(C)=Nn1c(-c2ccco2)csc1=Nc1cccc(OC)c1. The molecule has 0 saturated heterocycles. The number of hydrogen-bond acceptors (Lipinski definition) is 5. The van der Waals surface area contributed by atoms with E-state index in [0.717, 1.165) is 39.8 Å². The lowest BCUT2D eigenvalue weighted by molar-refractivity contribution is 0.415. The van der Waals surface area contributed by atoms with E-state index < -0.39 is 0 Å². The van der Waals surface area contributed by atoms with Gasteiger partial charge in [-0.25, -0.2) is 9.67 Å². The van der Waals surface area contributed by atoms with Crippen LogP contribution in [-0.2, 0) is 0 Å². The fourth-order valence-corrected chi connectivity index (χ4v) is 2.93. The number of benzene rings is 1. The van der Waals surface area contributed by atoms with Crippen molar-refractivity contribution in [3.05, 3.63) is 52.8 Å². The maximum atomic E-state index is 5.53. The molecule has 2 heterocycles. The molecule has 0 unspecified atom stereocenters. The first-order valence-electron chi connectivity index (χ1n) is 7.69. The molecule has 0 saturated carbocycles. The predicted molar refractivity (Wildman–Crippen MR) is 97.0 cm³/mol. The number of nitrogens with zero attached hydrogens (tertiary/aromatic N) is 3. The van der Waals surface area contributed by atoms with Crippen molar-refractivity contribution in [1.82, 2.24) is 4.68 Å². The molecule has 3 aromatic rings. The van der Waals surface area contributed by atoms with Crippen molar-refractivity contribution < 1.29 is 9.15 Å². The van der Waals surface area contributed by atoms with Crippen LogP contribution in [0, 0.1) is 0 Å². The summed E-state index contributed by atoms with van der Waals surface area (Å²) >= 11 is 1.52. The van der Waals surface area contributed by atoms with Crippen LogP contribution in [0.2, 0.25) is 0 Å². The summed E-state index contributed by atoms with van der Waals surface area (Å²) in [4.78, 5) is 5.50. The first-order chi connectivity index (χ1) is 11.7. The molecular formula is C18H19N3O2S. The molecule has 1 aromatic carbocycles. The molecular weight excluding hydrogens is 322 g/mol. The van der Waals surface area contributed by atoms with E-state index in [-0.39, 0.29) is 0 Å².